The van der Waals surface area contributed by atoms with Crippen molar-refractivity contribution < 1.29 is 46.1 Å². The van der Waals surface area contributed by atoms with Crippen molar-refractivity contribution in [2.24, 2.45) is 5.90 Å². The van der Waals surface area contributed by atoms with Crippen molar-refractivity contribution in [1.29, 1.82) is 0 Å². The number of carbonyl (C=O) groups excluding carboxylic acids is 1. The summed E-state index contributed by atoms with van der Waals surface area (Å²) in [5.74, 6) is 0.992. The number of aliphatic carboxylic acids is 1. The van der Waals surface area contributed by atoms with Gasteiger partial charge in [-0.05, 0) is 0 Å². The Kier molecular flexibility index (Phi) is 13.3. The second-order valence-corrected chi connectivity index (χ2v) is 0.710. The molecule has 0 aromatic carbocycles. The molecule has 0 spiro atoms. The van der Waals surface area contributed by atoms with Crippen LogP contribution in [0.1, 0.15) is 0 Å². The van der Waals surface area contributed by atoms with Gasteiger partial charge in [-0.1, -0.05) is 0 Å². The summed E-state index contributed by atoms with van der Waals surface area (Å²) in [4.78, 5) is 22.2. The Bertz CT molecular complexity index is 103. The van der Waals surface area contributed by atoms with Crippen LogP contribution in [0.25, 0.3) is 0 Å². The minimum atomic E-state index is -1.69. The second kappa shape index (κ2) is 7.55. The van der Waals surface area contributed by atoms with Gasteiger partial charge in [0.25, 0.3) is 0 Å². The predicted octanol–water partition coefficient (Wildman–Crippen LogP) is -2.34. The van der Waals surface area contributed by atoms with Gasteiger partial charge in [-0.3, -0.25) is 0 Å². The van der Waals surface area contributed by atoms with Gasteiger partial charge in [0, 0.05) is 21.1 Å². The first-order chi connectivity index (χ1) is 3.18. The fraction of sp³-hybridized carbons (Fsp3) is 0. The van der Waals surface area contributed by atoms with Crippen LogP contribution in [0.3, 0.4) is 0 Å². The summed E-state index contributed by atoms with van der Waals surface area (Å²) in [5, 5.41) is 7.63. The molecule has 7 heteroatoms. The molecule has 0 aromatic heterocycles. The van der Waals surface area contributed by atoms with Gasteiger partial charge in [-0.15, -0.1) is 0 Å². The van der Waals surface area contributed by atoms with E-state index in [1.807, 2.05) is 0 Å². The maximum absolute atomic E-state index is 9.56. The first kappa shape index (κ1) is 15.8. The zero-order valence-electron chi connectivity index (χ0n) is 4.16. The van der Waals surface area contributed by atoms with Gasteiger partial charge in [0.05, 0.1) is 0 Å². The third kappa shape index (κ3) is 7.55. The third-order valence-electron chi connectivity index (χ3n) is 0.282. The average molecular weight is 219 g/mol. The molecule has 0 bridgehead atoms. The number of carboxylic acid groups (broad SMARTS) is 1. The number of rotatable bonds is 0. The molecular formula is C2H5MoNO5. The van der Waals surface area contributed by atoms with E-state index in [9.17, 15) is 9.59 Å². The fourth-order valence-electron chi connectivity index (χ4n) is 0.0504. The van der Waals surface area contributed by atoms with Crippen LogP contribution < -0.4 is 5.90 Å². The third-order valence-corrected chi connectivity index (χ3v) is 0.282. The minimum absolute atomic E-state index is 0. The largest absolute Gasteiger partial charge is 0.473 e. The monoisotopic (exact) mass is 221 g/mol. The van der Waals surface area contributed by atoms with Crippen LogP contribution in [0.15, 0.2) is 0 Å². The first-order valence-electron chi connectivity index (χ1n) is 1.32. The summed E-state index contributed by atoms with van der Waals surface area (Å²) in [6, 6.07) is 0. The molecule has 0 heterocycles. The topological polar surface area (TPSA) is 121 Å². The number of carbonyl (C=O) groups is 2. The van der Waals surface area contributed by atoms with E-state index in [0.717, 1.165) is 0 Å². The Morgan fingerprint density at radius 1 is 1.44 bits per heavy atom. The van der Waals surface area contributed by atoms with Crippen molar-refractivity contribution in [3.8, 4) is 0 Å². The van der Waals surface area contributed by atoms with Gasteiger partial charge in [0.1, 0.15) is 0 Å². The number of hydrogen-bond acceptors (Lipinski definition) is 4. The van der Waals surface area contributed by atoms with Crippen LogP contribution in [-0.2, 0) is 35.5 Å². The van der Waals surface area contributed by atoms with E-state index in [4.69, 9.17) is 5.11 Å². The van der Waals surface area contributed by atoms with Crippen LogP contribution in [-0.4, -0.2) is 22.5 Å². The normalized spacial score (nSPS) is 5.89. The molecule has 0 rings (SSSR count). The summed E-state index contributed by atoms with van der Waals surface area (Å²) in [6.07, 6.45) is 0. The van der Waals surface area contributed by atoms with Crippen molar-refractivity contribution in [3.05, 3.63) is 0 Å². The van der Waals surface area contributed by atoms with E-state index in [0.29, 0.717) is 0 Å². The standard InChI is InChI=1S/C2H3NO4.Mo.H2O/c3-7-2(6)1(4)5;;/h3H2,(H,4,5);;1H2. The Hall–Kier alpha value is -0.452. The Labute approximate surface area is 64.5 Å². The SMILES string of the molecule is NOC(=O)C(=O)O.O.[Mo]. The van der Waals surface area contributed by atoms with Gasteiger partial charge in [0.2, 0.25) is 0 Å². The molecule has 5 N–H and O–H groups in total. The molecule has 0 aromatic rings. The Morgan fingerprint density at radius 3 is 1.78 bits per heavy atom. The van der Waals surface area contributed by atoms with Gasteiger partial charge >= 0.3 is 11.9 Å². The van der Waals surface area contributed by atoms with E-state index in [1.165, 1.54) is 0 Å². The zero-order valence-corrected chi connectivity index (χ0v) is 6.16. The molecule has 6 nitrogen and oxygen atoms in total. The van der Waals surface area contributed by atoms with E-state index in [1.54, 1.807) is 0 Å². The second-order valence-electron chi connectivity index (χ2n) is 0.710. The molecule has 0 aliphatic heterocycles. The van der Waals surface area contributed by atoms with Gasteiger partial charge in [0.15, 0.2) is 0 Å². The van der Waals surface area contributed by atoms with Crippen LogP contribution >= 0.6 is 0 Å². The quantitative estimate of drug-likeness (QED) is 0.268. The van der Waals surface area contributed by atoms with Crippen molar-refractivity contribution >= 4 is 11.9 Å². The molecule has 0 amide bonds. The molecule has 0 aliphatic carbocycles. The van der Waals surface area contributed by atoms with Crippen molar-refractivity contribution in [2.75, 3.05) is 0 Å². The average Bonchev–Trinajstić information content (AvgIpc) is 1.65. The molecule has 9 heavy (non-hydrogen) atoms. The Balaban J connectivity index is -0.000000180. The van der Waals surface area contributed by atoms with E-state index < -0.39 is 11.9 Å². The number of carboxylic acids is 1. The zero-order chi connectivity index (χ0) is 5.86. The van der Waals surface area contributed by atoms with Crippen LogP contribution in [0.2, 0.25) is 0 Å². The van der Waals surface area contributed by atoms with Crippen LogP contribution in [0.4, 0.5) is 0 Å². The van der Waals surface area contributed by atoms with Gasteiger partial charge < -0.3 is 15.4 Å². The number of nitrogens with two attached hydrogens (primary N) is 1. The van der Waals surface area contributed by atoms with Crippen molar-refractivity contribution in [2.45, 2.75) is 0 Å². The summed E-state index contributed by atoms with van der Waals surface area (Å²) in [5.41, 5.74) is 0. The smallest absolute Gasteiger partial charge is 0.435 e. The Morgan fingerprint density at radius 2 is 1.78 bits per heavy atom. The van der Waals surface area contributed by atoms with Crippen LogP contribution in [0, 0.1) is 0 Å². The molecule has 0 radical (unpaired) electrons. The summed E-state index contributed by atoms with van der Waals surface area (Å²) in [7, 11) is 0. The maximum atomic E-state index is 9.56. The minimum Gasteiger partial charge on any atom is -0.473 e. The molecule has 0 atom stereocenters. The molecule has 0 unspecified atom stereocenters. The van der Waals surface area contributed by atoms with Gasteiger partial charge in [-0.2, -0.15) is 5.90 Å². The molecular weight excluding hydrogens is 214 g/mol. The first-order valence-corrected chi connectivity index (χ1v) is 1.32. The van der Waals surface area contributed by atoms with Crippen molar-refractivity contribution in [3.63, 3.8) is 0 Å². The molecule has 0 aliphatic rings. The maximum Gasteiger partial charge on any atom is 0.435 e. The summed E-state index contributed by atoms with van der Waals surface area (Å²) < 4.78 is 0. The van der Waals surface area contributed by atoms with E-state index in [-0.39, 0.29) is 26.5 Å². The number of hydrogen-bond donors (Lipinski definition) is 2. The van der Waals surface area contributed by atoms with Crippen molar-refractivity contribution in [1.82, 2.24) is 0 Å². The van der Waals surface area contributed by atoms with E-state index >= 15 is 0 Å². The molecule has 0 saturated heterocycles. The van der Waals surface area contributed by atoms with E-state index in [2.05, 4.69) is 10.7 Å². The van der Waals surface area contributed by atoms with Gasteiger partial charge in [-0.25, -0.2) is 9.59 Å². The molecule has 0 fully saturated rings. The molecule has 54 valence electrons. The molecule has 0 saturated carbocycles. The summed E-state index contributed by atoms with van der Waals surface area (Å²) >= 11 is 0. The van der Waals surface area contributed by atoms with Crippen LogP contribution in [0.5, 0.6) is 0 Å². The fourth-order valence-corrected chi connectivity index (χ4v) is 0.0504. The summed E-state index contributed by atoms with van der Waals surface area (Å²) in [6.45, 7) is 0. The predicted molar refractivity (Wildman–Crippen MR) is 21.5 cm³/mol.